The number of benzene rings is 2. The van der Waals surface area contributed by atoms with E-state index in [1.165, 1.54) is 12.1 Å². The normalized spacial score (nSPS) is 12.2. The minimum Gasteiger partial charge on any atom is -0.457 e. The molecule has 0 bridgehead atoms. The Morgan fingerprint density at radius 3 is 2.58 bits per heavy atom. The van der Waals surface area contributed by atoms with E-state index < -0.39 is 0 Å². The molecule has 0 amide bonds. The van der Waals surface area contributed by atoms with Crippen LogP contribution in [0.2, 0.25) is 0 Å². The molecule has 0 fully saturated rings. The molecule has 0 aliphatic carbocycles. The molecule has 1 unspecified atom stereocenters. The average Bonchev–Trinajstić information content (AvgIpc) is 2.32. The summed E-state index contributed by atoms with van der Waals surface area (Å²) in [7, 11) is 0. The molecular weight excluding hydrogens is 309 g/mol. The zero-order chi connectivity index (χ0) is 13.8. The third kappa shape index (κ3) is 4.04. The smallest absolute Gasteiger partial charge is 0.130 e. The van der Waals surface area contributed by atoms with Crippen LogP contribution in [0.3, 0.4) is 0 Å². The lowest BCUT2D eigenvalue weighted by molar-refractivity contribution is 0.476. The largest absolute Gasteiger partial charge is 0.457 e. The van der Waals surface area contributed by atoms with Crippen molar-refractivity contribution < 1.29 is 9.13 Å². The van der Waals surface area contributed by atoms with Crippen molar-refractivity contribution in [1.82, 2.24) is 0 Å². The van der Waals surface area contributed by atoms with E-state index in [2.05, 4.69) is 15.9 Å². The average molecular weight is 324 g/mol. The van der Waals surface area contributed by atoms with Crippen LogP contribution in [-0.4, -0.2) is 6.04 Å². The summed E-state index contributed by atoms with van der Waals surface area (Å²) in [5, 5.41) is 0. The predicted molar refractivity (Wildman–Crippen MR) is 78.0 cm³/mol. The molecule has 0 aliphatic rings. The van der Waals surface area contributed by atoms with Gasteiger partial charge in [0.25, 0.3) is 0 Å². The molecule has 100 valence electrons. The number of rotatable bonds is 4. The van der Waals surface area contributed by atoms with Crippen molar-refractivity contribution in [2.24, 2.45) is 5.73 Å². The van der Waals surface area contributed by atoms with Gasteiger partial charge in [-0.3, -0.25) is 0 Å². The number of hydrogen-bond donors (Lipinski definition) is 1. The third-order valence-electron chi connectivity index (χ3n) is 2.60. The minimum absolute atomic E-state index is 0.103. The lowest BCUT2D eigenvalue weighted by Crippen LogP contribution is -2.17. The highest BCUT2D eigenvalue weighted by atomic mass is 79.9. The van der Waals surface area contributed by atoms with E-state index in [0.29, 0.717) is 11.5 Å². The molecule has 2 N–H and O–H groups in total. The summed E-state index contributed by atoms with van der Waals surface area (Å²) in [5.41, 5.74) is 6.90. The fourth-order valence-electron chi connectivity index (χ4n) is 1.77. The molecule has 2 nitrogen and oxygen atoms in total. The fraction of sp³-hybridized carbons (Fsp3) is 0.200. The quantitative estimate of drug-likeness (QED) is 0.911. The maximum atomic E-state index is 13.1. The van der Waals surface area contributed by atoms with Crippen LogP contribution in [0.1, 0.15) is 12.5 Å². The van der Waals surface area contributed by atoms with E-state index in [4.69, 9.17) is 10.5 Å². The highest BCUT2D eigenvalue weighted by Crippen LogP contribution is 2.28. The number of ether oxygens (including phenoxy) is 1. The van der Waals surface area contributed by atoms with Crippen LogP contribution in [0.15, 0.2) is 46.9 Å². The second-order valence-corrected chi connectivity index (χ2v) is 5.35. The Morgan fingerprint density at radius 2 is 1.95 bits per heavy atom. The molecule has 19 heavy (non-hydrogen) atoms. The Balaban J connectivity index is 2.16. The zero-order valence-corrected chi connectivity index (χ0v) is 12.2. The van der Waals surface area contributed by atoms with Gasteiger partial charge in [0.05, 0.1) is 0 Å². The molecule has 0 saturated heterocycles. The molecule has 0 spiro atoms. The maximum Gasteiger partial charge on any atom is 0.130 e. The number of nitrogens with two attached hydrogens (primary N) is 1. The van der Waals surface area contributed by atoms with Crippen LogP contribution in [-0.2, 0) is 6.42 Å². The number of hydrogen-bond acceptors (Lipinski definition) is 2. The van der Waals surface area contributed by atoms with Crippen molar-refractivity contribution in [3.05, 3.63) is 58.3 Å². The van der Waals surface area contributed by atoms with Crippen LogP contribution in [0.4, 0.5) is 4.39 Å². The molecule has 2 aromatic rings. The van der Waals surface area contributed by atoms with E-state index >= 15 is 0 Å². The maximum absolute atomic E-state index is 13.1. The standard InChI is InChI=1S/C15H15BrFNO/c1-10(18)7-11-5-6-14(9-15(11)16)19-13-4-2-3-12(17)8-13/h2-6,8-10H,7,18H2,1H3. The molecule has 0 aromatic heterocycles. The first-order valence-electron chi connectivity index (χ1n) is 6.02. The second kappa shape index (κ2) is 6.17. The molecule has 2 rings (SSSR count). The Kier molecular flexibility index (Phi) is 4.56. The van der Waals surface area contributed by atoms with Gasteiger partial charge in [0.15, 0.2) is 0 Å². The van der Waals surface area contributed by atoms with Crippen molar-refractivity contribution in [2.45, 2.75) is 19.4 Å². The summed E-state index contributed by atoms with van der Waals surface area (Å²) in [4.78, 5) is 0. The van der Waals surface area contributed by atoms with Gasteiger partial charge in [0, 0.05) is 16.6 Å². The van der Waals surface area contributed by atoms with Gasteiger partial charge in [0.1, 0.15) is 17.3 Å². The Morgan fingerprint density at radius 1 is 1.21 bits per heavy atom. The lowest BCUT2D eigenvalue weighted by atomic mass is 10.1. The molecule has 1 atom stereocenters. The molecular formula is C15H15BrFNO. The molecule has 4 heteroatoms. The van der Waals surface area contributed by atoms with Gasteiger partial charge in [-0.1, -0.05) is 28.1 Å². The SMILES string of the molecule is CC(N)Cc1ccc(Oc2cccc(F)c2)cc1Br. The van der Waals surface area contributed by atoms with Gasteiger partial charge < -0.3 is 10.5 Å². The molecule has 2 aromatic carbocycles. The second-order valence-electron chi connectivity index (χ2n) is 4.49. The summed E-state index contributed by atoms with van der Waals surface area (Å²) < 4.78 is 19.6. The van der Waals surface area contributed by atoms with Crippen LogP contribution >= 0.6 is 15.9 Å². The topological polar surface area (TPSA) is 35.2 Å². The highest BCUT2D eigenvalue weighted by molar-refractivity contribution is 9.10. The van der Waals surface area contributed by atoms with Crippen molar-refractivity contribution in [3.63, 3.8) is 0 Å². The van der Waals surface area contributed by atoms with Crippen molar-refractivity contribution >= 4 is 15.9 Å². The van der Waals surface area contributed by atoms with Crippen molar-refractivity contribution in [2.75, 3.05) is 0 Å². The van der Waals surface area contributed by atoms with Gasteiger partial charge in [-0.05, 0) is 43.2 Å². The monoisotopic (exact) mass is 323 g/mol. The van der Waals surface area contributed by atoms with Crippen LogP contribution in [0.5, 0.6) is 11.5 Å². The summed E-state index contributed by atoms with van der Waals surface area (Å²) in [5.74, 6) is 0.822. The molecule has 0 radical (unpaired) electrons. The van der Waals surface area contributed by atoms with E-state index in [-0.39, 0.29) is 11.9 Å². The van der Waals surface area contributed by atoms with E-state index in [9.17, 15) is 4.39 Å². The van der Waals surface area contributed by atoms with Gasteiger partial charge in [0.2, 0.25) is 0 Å². The Bertz CT molecular complexity index is 572. The molecule has 0 heterocycles. The first kappa shape index (κ1) is 14.0. The molecule has 0 saturated carbocycles. The first-order valence-corrected chi connectivity index (χ1v) is 6.81. The summed E-state index contributed by atoms with van der Waals surface area (Å²) in [6.07, 6.45) is 0.792. The van der Waals surface area contributed by atoms with Gasteiger partial charge in [-0.15, -0.1) is 0 Å². The fourth-order valence-corrected chi connectivity index (χ4v) is 2.29. The van der Waals surface area contributed by atoms with Crippen LogP contribution in [0, 0.1) is 5.82 Å². The molecule has 0 aliphatic heterocycles. The van der Waals surface area contributed by atoms with Crippen LogP contribution in [0.25, 0.3) is 0 Å². The lowest BCUT2D eigenvalue weighted by Gasteiger charge is -2.10. The minimum atomic E-state index is -0.315. The summed E-state index contributed by atoms with van der Waals surface area (Å²) >= 11 is 3.49. The zero-order valence-electron chi connectivity index (χ0n) is 10.6. The van der Waals surface area contributed by atoms with E-state index in [1.54, 1.807) is 12.1 Å². The van der Waals surface area contributed by atoms with Crippen molar-refractivity contribution in [1.29, 1.82) is 0 Å². The Hall–Kier alpha value is -1.39. The van der Waals surface area contributed by atoms with E-state index in [1.807, 2.05) is 25.1 Å². The van der Waals surface area contributed by atoms with E-state index in [0.717, 1.165) is 16.5 Å². The summed E-state index contributed by atoms with van der Waals surface area (Å²) in [6, 6.07) is 11.8. The van der Waals surface area contributed by atoms with Gasteiger partial charge >= 0.3 is 0 Å². The van der Waals surface area contributed by atoms with Crippen LogP contribution < -0.4 is 10.5 Å². The first-order chi connectivity index (χ1) is 9.04. The summed E-state index contributed by atoms with van der Waals surface area (Å²) in [6.45, 7) is 1.96. The third-order valence-corrected chi connectivity index (χ3v) is 3.34. The van der Waals surface area contributed by atoms with Crippen molar-refractivity contribution in [3.8, 4) is 11.5 Å². The predicted octanol–water partition coefficient (Wildman–Crippen LogP) is 4.27. The Labute approximate surface area is 120 Å². The number of halogens is 2. The van der Waals surface area contributed by atoms with Gasteiger partial charge in [-0.2, -0.15) is 0 Å². The highest BCUT2D eigenvalue weighted by Gasteiger charge is 2.06. The van der Waals surface area contributed by atoms with Gasteiger partial charge in [-0.25, -0.2) is 4.39 Å².